The second-order valence-corrected chi connectivity index (χ2v) is 15.2. The van der Waals surface area contributed by atoms with E-state index < -0.39 is 72.3 Å². The molecule has 0 bridgehead atoms. The number of fused-ring (bicyclic) bond motifs is 2. The summed E-state index contributed by atoms with van der Waals surface area (Å²) in [7, 11) is 0. The number of carbonyl (C=O) groups is 2. The number of piperidine rings is 1. The molecular weight excluding hydrogens is 774 g/mol. The Kier molecular flexibility index (Phi) is 10.8. The summed E-state index contributed by atoms with van der Waals surface area (Å²) in [5.74, 6) is -1.36. The van der Waals surface area contributed by atoms with Crippen LogP contribution in [0.3, 0.4) is 0 Å². The fraction of sp³-hybridized carbons (Fsp3) is 0.568. The maximum Gasteiger partial charge on any atom is 0.309 e. The van der Waals surface area contributed by atoms with Gasteiger partial charge < -0.3 is 55.6 Å². The van der Waals surface area contributed by atoms with Gasteiger partial charge in [0.1, 0.15) is 79.3 Å². The van der Waals surface area contributed by atoms with Crippen LogP contribution in [0.1, 0.15) is 42.9 Å². The summed E-state index contributed by atoms with van der Waals surface area (Å²) in [5, 5.41) is 73.3. The van der Waals surface area contributed by atoms with E-state index in [9.17, 15) is 40.5 Å². The monoisotopic (exact) mass is 817 g/mol. The van der Waals surface area contributed by atoms with Crippen LogP contribution in [0.25, 0.3) is 11.0 Å². The Bertz CT molecular complexity index is 2310. The zero-order chi connectivity index (χ0) is 41.6. The lowest BCUT2D eigenvalue weighted by Crippen LogP contribution is -2.41. The van der Waals surface area contributed by atoms with Gasteiger partial charge in [-0.3, -0.25) is 14.5 Å². The molecule has 0 aromatic carbocycles. The van der Waals surface area contributed by atoms with Crippen molar-refractivity contribution in [3.05, 3.63) is 47.8 Å². The van der Waals surface area contributed by atoms with Crippen LogP contribution >= 0.6 is 0 Å². The van der Waals surface area contributed by atoms with E-state index in [1.807, 2.05) is 17.0 Å². The molecule has 22 nitrogen and oxygen atoms in total. The third-order valence-electron chi connectivity index (χ3n) is 11.7. The van der Waals surface area contributed by atoms with Crippen molar-refractivity contribution in [1.82, 2.24) is 34.1 Å². The first kappa shape index (κ1) is 40.2. The van der Waals surface area contributed by atoms with E-state index in [1.165, 1.54) is 27.5 Å². The zero-order valence-electron chi connectivity index (χ0n) is 31.6. The van der Waals surface area contributed by atoms with E-state index in [4.69, 9.17) is 35.2 Å². The number of aliphatic hydroxyl groups is 4. The quantitative estimate of drug-likeness (QED) is 0.0946. The summed E-state index contributed by atoms with van der Waals surface area (Å²) in [5.41, 5.74) is 9.03. The van der Waals surface area contributed by atoms with Gasteiger partial charge in [-0.25, -0.2) is 19.0 Å². The van der Waals surface area contributed by atoms with Crippen LogP contribution in [0.2, 0.25) is 0 Å². The number of nitrogens with two attached hydrogens (primary N) is 2. The van der Waals surface area contributed by atoms with Gasteiger partial charge in [0, 0.05) is 13.2 Å². The highest BCUT2D eigenvalue weighted by atomic mass is 16.6. The lowest BCUT2D eigenvalue weighted by Gasteiger charge is -2.30. The number of nitrogen functional groups attached to an aromatic ring is 2. The molecule has 0 aliphatic carbocycles. The van der Waals surface area contributed by atoms with Gasteiger partial charge in [-0.15, -0.1) is 0 Å². The number of aromatic nitrogens is 6. The molecule has 4 aliphatic heterocycles. The van der Waals surface area contributed by atoms with E-state index in [0.717, 1.165) is 0 Å². The topological polar surface area (TPSA) is 324 Å². The van der Waals surface area contributed by atoms with Crippen LogP contribution in [0.4, 0.5) is 11.6 Å². The maximum absolute atomic E-state index is 13.2. The van der Waals surface area contributed by atoms with Crippen molar-refractivity contribution in [3.8, 4) is 12.1 Å². The Hall–Kier alpha value is -5.56. The molecule has 59 heavy (non-hydrogen) atoms. The fourth-order valence-corrected chi connectivity index (χ4v) is 8.30. The van der Waals surface area contributed by atoms with Crippen molar-refractivity contribution in [1.29, 1.82) is 10.5 Å². The SMILES string of the molecule is N#C[C@@]1(c2ccc3c(N)ncnn23)O[C@H](COC(=O)C2CCN(Cc3nc(N)c4ccc([C@]5(C#N)O[C@H](COC(=O)C6CCOCC6)[C@@H](O)[C@H]5O)n4n3)CC2)[C@@H](O)[C@H]1O. The largest absolute Gasteiger partial charge is 0.463 e. The third-order valence-corrected chi connectivity index (χ3v) is 11.7. The molecule has 4 saturated heterocycles. The predicted octanol–water partition coefficient (Wildman–Crippen LogP) is -1.96. The summed E-state index contributed by atoms with van der Waals surface area (Å²) in [4.78, 5) is 36.2. The summed E-state index contributed by atoms with van der Waals surface area (Å²) in [6, 6.07) is 10.1. The number of ether oxygens (including phenoxy) is 5. The summed E-state index contributed by atoms with van der Waals surface area (Å²) < 4.78 is 30.8. The smallest absolute Gasteiger partial charge is 0.309 e. The normalized spacial score (nSPS) is 30.7. The Morgan fingerprint density at radius 2 is 1.32 bits per heavy atom. The Balaban J connectivity index is 0.884. The molecule has 4 fully saturated rings. The second-order valence-electron chi connectivity index (χ2n) is 15.2. The Morgan fingerprint density at radius 3 is 1.88 bits per heavy atom. The van der Waals surface area contributed by atoms with Gasteiger partial charge in [0.05, 0.1) is 29.8 Å². The summed E-state index contributed by atoms with van der Waals surface area (Å²) in [6.07, 6.45) is -6.00. The van der Waals surface area contributed by atoms with E-state index in [2.05, 4.69) is 20.2 Å². The molecular formula is C37H43N11O11. The first-order valence-corrected chi connectivity index (χ1v) is 19.2. The fourth-order valence-electron chi connectivity index (χ4n) is 8.30. The van der Waals surface area contributed by atoms with Crippen LogP contribution in [0, 0.1) is 34.5 Å². The number of nitriles is 2. The molecule has 4 aliphatic rings. The number of hydrogen-bond acceptors (Lipinski definition) is 20. The lowest BCUT2D eigenvalue weighted by molar-refractivity contribution is -0.158. The molecule has 0 saturated carbocycles. The molecule has 8 N–H and O–H groups in total. The molecule has 8 heterocycles. The molecule has 8 atom stereocenters. The maximum atomic E-state index is 13.2. The van der Waals surface area contributed by atoms with E-state index in [-0.39, 0.29) is 47.9 Å². The average Bonchev–Trinajstić information content (AvgIpc) is 4.00. The molecule has 0 radical (unpaired) electrons. The van der Waals surface area contributed by atoms with Gasteiger partial charge in [0.15, 0.2) is 17.5 Å². The first-order valence-electron chi connectivity index (χ1n) is 19.2. The van der Waals surface area contributed by atoms with E-state index >= 15 is 0 Å². The minimum Gasteiger partial charge on any atom is -0.463 e. The molecule has 0 amide bonds. The van der Waals surface area contributed by atoms with Gasteiger partial charge in [-0.05, 0) is 63.0 Å². The molecule has 4 aromatic rings. The minimum atomic E-state index is -2.09. The number of anilines is 2. The molecule has 22 heteroatoms. The summed E-state index contributed by atoms with van der Waals surface area (Å²) >= 11 is 0. The number of esters is 2. The first-order chi connectivity index (χ1) is 28.4. The van der Waals surface area contributed by atoms with E-state index in [1.54, 1.807) is 12.1 Å². The van der Waals surface area contributed by atoms with Crippen LogP contribution in [-0.2, 0) is 51.0 Å². The summed E-state index contributed by atoms with van der Waals surface area (Å²) in [6.45, 7) is 1.15. The van der Waals surface area contributed by atoms with Crippen LogP contribution in [-0.4, -0.2) is 143 Å². The van der Waals surface area contributed by atoms with Gasteiger partial charge >= 0.3 is 11.9 Å². The highest BCUT2D eigenvalue weighted by molar-refractivity contribution is 5.73. The zero-order valence-corrected chi connectivity index (χ0v) is 31.6. The Labute approximate surface area is 335 Å². The highest BCUT2D eigenvalue weighted by Gasteiger charge is 2.59. The Morgan fingerprint density at radius 1 is 0.797 bits per heavy atom. The van der Waals surface area contributed by atoms with E-state index in [0.29, 0.717) is 63.0 Å². The van der Waals surface area contributed by atoms with Crippen LogP contribution in [0.15, 0.2) is 30.6 Å². The number of likely N-dealkylation sites (tertiary alicyclic amines) is 1. The number of hydrogen-bond donors (Lipinski definition) is 6. The second kappa shape index (κ2) is 15.9. The van der Waals surface area contributed by atoms with Gasteiger partial charge in [0.25, 0.3) is 0 Å². The van der Waals surface area contributed by atoms with Gasteiger partial charge in [-0.1, -0.05) is 0 Å². The van der Waals surface area contributed by atoms with Crippen LogP contribution in [0.5, 0.6) is 0 Å². The van der Waals surface area contributed by atoms with Crippen molar-refractivity contribution in [2.45, 2.75) is 80.1 Å². The molecule has 0 spiro atoms. The predicted molar refractivity (Wildman–Crippen MR) is 197 cm³/mol. The molecule has 0 unspecified atom stereocenters. The molecule has 312 valence electrons. The van der Waals surface area contributed by atoms with Gasteiger partial charge in [0.2, 0.25) is 11.2 Å². The standard InChI is InChI=1S/C37H43N11O11/c38-16-36(25-3-1-21-32(40)42-18-43-47(21)25)30(51)28(49)23(58-36)14-56-34(53)19-5-9-46(10-6-19)13-27-44-33(41)22-2-4-26(48(22)45-27)37(17-39)31(52)29(50)24(59-37)15-57-35(54)20-7-11-55-12-8-20/h1-4,18-20,23-24,28-31,49-52H,5-15H2,(H2,40,42,43)(H2,41,44,45)/t23-,24-,28-,29-,30-,31-,36+,37+/m1/s1. The average molecular weight is 818 g/mol. The van der Waals surface area contributed by atoms with Crippen molar-refractivity contribution in [3.63, 3.8) is 0 Å². The number of rotatable bonds is 10. The minimum absolute atomic E-state index is 0.0900. The number of nitrogens with zero attached hydrogens (tertiary/aromatic N) is 9. The van der Waals surface area contributed by atoms with Gasteiger partial charge in [-0.2, -0.15) is 20.7 Å². The third kappa shape index (κ3) is 6.96. The van der Waals surface area contributed by atoms with Crippen molar-refractivity contribution < 1.29 is 53.7 Å². The van der Waals surface area contributed by atoms with Crippen LogP contribution < -0.4 is 11.5 Å². The molecule has 4 aromatic heterocycles. The van der Waals surface area contributed by atoms with Crippen molar-refractivity contribution in [2.75, 3.05) is 51.0 Å². The number of carbonyl (C=O) groups excluding carboxylic acids is 2. The number of aliphatic hydroxyl groups excluding tert-OH is 4. The van der Waals surface area contributed by atoms with Crippen molar-refractivity contribution >= 4 is 34.6 Å². The lowest BCUT2D eigenvalue weighted by atomic mass is 9.92. The molecule has 8 rings (SSSR count). The highest BCUT2D eigenvalue weighted by Crippen LogP contribution is 2.42. The van der Waals surface area contributed by atoms with Crippen molar-refractivity contribution in [2.24, 2.45) is 11.8 Å².